The molecule has 0 spiro atoms. The SMILES string of the molecule is CCN1CCN(c2nc(N)nc3c2CCC(c2ccccc2)N3)CC1. The first kappa shape index (κ1) is 16.1. The van der Waals surface area contributed by atoms with Gasteiger partial charge < -0.3 is 20.9 Å². The lowest BCUT2D eigenvalue weighted by Crippen LogP contribution is -2.47. The smallest absolute Gasteiger partial charge is 0.223 e. The summed E-state index contributed by atoms with van der Waals surface area (Å²) in [6.45, 7) is 7.48. The van der Waals surface area contributed by atoms with Gasteiger partial charge in [0.25, 0.3) is 0 Å². The van der Waals surface area contributed by atoms with Crippen LogP contribution in [0.3, 0.4) is 0 Å². The molecule has 2 aliphatic heterocycles. The number of nitrogens with zero attached hydrogens (tertiary/aromatic N) is 4. The number of aromatic nitrogens is 2. The number of benzene rings is 1. The van der Waals surface area contributed by atoms with E-state index in [1.165, 1.54) is 11.1 Å². The number of nitrogens with two attached hydrogens (primary N) is 1. The zero-order valence-corrected chi connectivity index (χ0v) is 14.8. The van der Waals surface area contributed by atoms with Crippen LogP contribution in [0.4, 0.5) is 17.6 Å². The summed E-state index contributed by atoms with van der Waals surface area (Å²) in [6, 6.07) is 10.8. The molecule has 0 saturated carbocycles. The lowest BCUT2D eigenvalue weighted by atomic mass is 9.95. The Morgan fingerprint density at radius 2 is 1.88 bits per heavy atom. The molecule has 0 bridgehead atoms. The summed E-state index contributed by atoms with van der Waals surface area (Å²) < 4.78 is 0. The minimum absolute atomic E-state index is 0.285. The predicted molar refractivity (Wildman–Crippen MR) is 102 cm³/mol. The predicted octanol–water partition coefficient (Wildman–Crippen LogP) is 2.30. The van der Waals surface area contributed by atoms with Gasteiger partial charge in [0.15, 0.2) is 0 Å². The zero-order valence-electron chi connectivity index (χ0n) is 14.8. The molecule has 2 aliphatic rings. The number of hydrogen-bond acceptors (Lipinski definition) is 6. The summed E-state index contributed by atoms with van der Waals surface area (Å²) in [5.74, 6) is 2.28. The van der Waals surface area contributed by atoms with Gasteiger partial charge in [0, 0.05) is 31.7 Å². The number of fused-ring (bicyclic) bond motifs is 1. The Hall–Kier alpha value is -2.34. The van der Waals surface area contributed by atoms with Crippen LogP contribution in [0, 0.1) is 0 Å². The number of nitrogens with one attached hydrogen (secondary N) is 1. The van der Waals surface area contributed by atoms with Crippen molar-refractivity contribution in [3.63, 3.8) is 0 Å². The van der Waals surface area contributed by atoms with E-state index in [2.05, 4.69) is 62.3 Å². The van der Waals surface area contributed by atoms with Crippen molar-refractivity contribution in [2.45, 2.75) is 25.8 Å². The zero-order chi connectivity index (χ0) is 17.2. The number of rotatable bonds is 3. The first-order valence-corrected chi connectivity index (χ1v) is 9.19. The normalized spacial score (nSPS) is 20.8. The lowest BCUT2D eigenvalue weighted by Gasteiger charge is -2.37. The first-order chi connectivity index (χ1) is 12.2. The Bertz CT molecular complexity index is 724. The number of nitrogen functional groups attached to an aromatic ring is 1. The third-order valence-corrected chi connectivity index (χ3v) is 5.32. The van der Waals surface area contributed by atoms with Crippen LogP contribution in [0.1, 0.15) is 30.5 Å². The fraction of sp³-hybridized carbons (Fsp3) is 0.474. The molecule has 1 aromatic carbocycles. The maximum atomic E-state index is 6.03. The van der Waals surface area contributed by atoms with Crippen molar-refractivity contribution in [1.29, 1.82) is 0 Å². The van der Waals surface area contributed by atoms with E-state index in [0.29, 0.717) is 5.95 Å². The Morgan fingerprint density at radius 3 is 2.60 bits per heavy atom. The van der Waals surface area contributed by atoms with E-state index in [1.54, 1.807) is 0 Å². The van der Waals surface area contributed by atoms with Crippen LogP contribution in [-0.2, 0) is 6.42 Å². The molecule has 3 heterocycles. The molecule has 6 nitrogen and oxygen atoms in total. The maximum absolute atomic E-state index is 6.03. The van der Waals surface area contributed by atoms with Crippen molar-refractivity contribution in [3.8, 4) is 0 Å². The highest BCUT2D eigenvalue weighted by atomic mass is 15.3. The van der Waals surface area contributed by atoms with Crippen LogP contribution in [0.2, 0.25) is 0 Å². The van der Waals surface area contributed by atoms with Gasteiger partial charge >= 0.3 is 0 Å². The molecule has 0 radical (unpaired) electrons. The first-order valence-electron chi connectivity index (χ1n) is 9.19. The summed E-state index contributed by atoms with van der Waals surface area (Å²) in [5, 5.41) is 3.59. The van der Waals surface area contributed by atoms with Crippen molar-refractivity contribution in [3.05, 3.63) is 41.5 Å². The highest BCUT2D eigenvalue weighted by Gasteiger charge is 2.27. The van der Waals surface area contributed by atoms with E-state index in [1.807, 2.05) is 0 Å². The van der Waals surface area contributed by atoms with Crippen molar-refractivity contribution in [1.82, 2.24) is 14.9 Å². The van der Waals surface area contributed by atoms with Crippen LogP contribution in [-0.4, -0.2) is 47.6 Å². The van der Waals surface area contributed by atoms with Gasteiger partial charge in [0.1, 0.15) is 11.6 Å². The van der Waals surface area contributed by atoms with Gasteiger partial charge in [-0.05, 0) is 24.9 Å². The summed E-state index contributed by atoms with van der Waals surface area (Å²) in [5.41, 5.74) is 8.54. The van der Waals surface area contributed by atoms with Crippen molar-refractivity contribution in [2.75, 3.05) is 48.7 Å². The quantitative estimate of drug-likeness (QED) is 0.895. The highest BCUT2D eigenvalue weighted by Crippen LogP contribution is 2.36. The summed E-state index contributed by atoms with van der Waals surface area (Å²) in [6.07, 6.45) is 2.03. The van der Waals surface area contributed by atoms with Crippen LogP contribution < -0.4 is 16.0 Å². The van der Waals surface area contributed by atoms with E-state index in [9.17, 15) is 0 Å². The monoisotopic (exact) mass is 338 g/mol. The Kier molecular flexibility index (Phi) is 4.44. The number of likely N-dealkylation sites (N-methyl/N-ethyl adjacent to an activating group) is 1. The summed E-state index contributed by atoms with van der Waals surface area (Å²) in [7, 11) is 0. The van der Waals surface area contributed by atoms with Crippen LogP contribution >= 0.6 is 0 Å². The van der Waals surface area contributed by atoms with E-state index in [4.69, 9.17) is 5.73 Å². The Morgan fingerprint density at radius 1 is 1.12 bits per heavy atom. The van der Waals surface area contributed by atoms with Crippen LogP contribution in [0.5, 0.6) is 0 Å². The minimum Gasteiger partial charge on any atom is -0.368 e. The van der Waals surface area contributed by atoms with Gasteiger partial charge in [-0.2, -0.15) is 9.97 Å². The summed E-state index contributed by atoms with van der Waals surface area (Å²) in [4.78, 5) is 13.9. The molecule has 0 aliphatic carbocycles. The second-order valence-electron chi connectivity index (χ2n) is 6.80. The molecule has 1 fully saturated rings. The fourth-order valence-corrected chi connectivity index (χ4v) is 3.84. The molecule has 0 amide bonds. The van der Waals surface area contributed by atoms with Crippen LogP contribution in [0.15, 0.2) is 30.3 Å². The average Bonchev–Trinajstić information content (AvgIpc) is 2.67. The fourth-order valence-electron chi connectivity index (χ4n) is 3.84. The molecule has 1 atom stereocenters. The van der Waals surface area contributed by atoms with Gasteiger partial charge in [-0.1, -0.05) is 37.3 Å². The van der Waals surface area contributed by atoms with E-state index in [0.717, 1.165) is 57.2 Å². The number of piperazine rings is 1. The molecule has 1 aromatic heterocycles. The average molecular weight is 338 g/mol. The van der Waals surface area contributed by atoms with E-state index >= 15 is 0 Å². The van der Waals surface area contributed by atoms with Gasteiger partial charge in [-0.15, -0.1) is 0 Å². The second-order valence-corrected chi connectivity index (χ2v) is 6.80. The molecular formula is C19H26N6. The van der Waals surface area contributed by atoms with Gasteiger partial charge in [-0.25, -0.2) is 0 Å². The van der Waals surface area contributed by atoms with Gasteiger partial charge in [-0.3, -0.25) is 0 Å². The van der Waals surface area contributed by atoms with Gasteiger partial charge in [0.05, 0.1) is 6.04 Å². The topological polar surface area (TPSA) is 70.3 Å². The van der Waals surface area contributed by atoms with E-state index in [-0.39, 0.29) is 6.04 Å². The molecule has 1 saturated heterocycles. The molecular weight excluding hydrogens is 312 g/mol. The van der Waals surface area contributed by atoms with Crippen molar-refractivity contribution in [2.24, 2.45) is 0 Å². The molecule has 132 valence electrons. The van der Waals surface area contributed by atoms with Gasteiger partial charge in [0.2, 0.25) is 5.95 Å². The molecule has 25 heavy (non-hydrogen) atoms. The molecule has 4 rings (SSSR count). The third kappa shape index (κ3) is 3.26. The van der Waals surface area contributed by atoms with Crippen molar-refractivity contribution < 1.29 is 0 Å². The molecule has 3 N–H and O–H groups in total. The minimum atomic E-state index is 0.285. The second kappa shape index (κ2) is 6.88. The number of hydrogen-bond donors (Lipinski definition) is 2. The largest absolute Gasteiger partial charge is 0.368 e. The number of anilines is 3. The maximum Gasteiger partial charge on any atom is 0.223 e. The molecule has 2 aromatic rings. The summed E-state index contributed by atoms with van der Waals surface area (Å²) >= 11 is 0. The van der Waals surface area contributed by atoms with Crippen molar-refractivity contribution >= 4 is 17.6 Å². The Labute approximate surface area is 149 Å². The standard InChI is InChI=1S/C19H26N6/c1-2-24-10-12-25(13-11-24)18-15-8-9-16(14-6-4-3-5-7-14)21-17(15)22-19(20)23-18/h3-7,16H,2,8-13H2,1H3,(H3,20,21,22,23). The van der Waals surface area contributed by atoms with Crippen LogP contribution in [0.25, 0.3) is 0 Å². The highest BCUT2D eigenvalue weighted by molar-refractivity contribution is 5.64. The molecule has 1 unspecified atom stereocenters. The Balaban J connectivity index is 1.59. The lowest BCUT2D eigenvalue weighted by molar-refractivity contribution is 0.270. The molecule has 6 heteroatoms. The third-order valence-electron chi connectivity index (χ3n) is 5.32. The van der Waals surface area contributed by atoms with E-state index < -0.39 is 0 Å².